The number of benzene rings is 1. The lowest BCUT2D eigenvalue weighted by atomic mass is 9.84. The van der Waals surface area contributed by atoms with E-state index in [0.717, 1.165) is 30.6 Å². The first-order valence-electron chi connectivity index (χ1n) is 11.7. The predicted octanol–water partition coefficient (Wildman–Crippen LogP) is 4.84. The number of urea groups is 1. The van der Waals surface area contributed by atoms with Crippen LogP contribution in [0.5, 0.6) is 0 Å². The average molecular weight is 524 g/mol. The molecule has 0 radical (unpaired) electrons. The van der Waals surface area contributed by atoms with E-state index in [4.69, 9.17) is 4.74 Å². The normalized spacial score (nSPS) is 15.8. The van der Waals surface area contributed by atoms with E-state index < -0.39 is 27.6 Å². The Balaban J connectivity index is 1.87. The minimum atomic E-state index is -4.26. The minimum Gasteiger partial charge on any atom is -0.465 e. The van der Waals surface area contributed by atoms with Gasteiger partial charge >= 0.3 is 12.0 Å². The summed E-state index contributed by atoms with van der Waals surface area (Å²) < 4.78 is 32.4. The van der Waals surface area contributed by atoms with E-state index in [-0.39, 0.29) is 16.2 Å². The van der Waals surface area contributed by atoms with Crippen LogP contribution >= 0.6 is 11.3 Å². The molecule has 3 rings (SSSR count). The van der Waals surface area contributed by atoms with E-state index in [1.54, 1.807) is 12.1 Å². The van der Waals surface area contributed by atoms with E-state index in [9.17, 15) is 23.1 Å². The zero-order valence-electron chi connectivity index (χ0n) is 20.7. The second-order valence-corrected chi connectivity index (χ2v) is 12.4. The fraction of sp³-hybridized carbons (Fsp3) is 0.542. The number of nitrogens with one attached hydrogen (secondary N) is 2. The number of hydrogen-bond acceptors (Lipinski definition) is 8. The van der Waals surface area contributed by atoms with Gasteiger partial charge < -0.3 is 15.2 Å². The summed E-state index contributed by atoms with van der Waals surface area (Å²) in [4.78, 5) is 29.5. The van der Waals surface area contributed by atoms with Crippen molar-refractivity contribution in [1.29, 1.82) is 0 Å². The van der Waals surface area contributed by atoms with Crippen molar-refractivity contribution in [2.24, 2.45) is 0 Å². The van der Waals surface area contributed by atoms with Gasteiger partial charge in [-0.25, -0.2) is 19.3 Å². The summed E-state index contributed by atoms with van der Waals surface area (Å²) in [6, 6.07) is 2.35. The number of ether oxygens (including phenoxy) is 1. The van der Waals surface area contributed by atoms with Crippen LogP contribution in [0.4, 0.5) is 10.5 Å². The van der Waals surface area contributed by atoms with Crippen LogP contribution in [-0.4, -0.2) is 37.6 Å². The monoisotopic (exact) mass is 523 g/mol. The summed E-state index contributed by atoms with van der Waals surface area (Å²) in [5.74, 6) is -0.630. The highest BCUT2D eigenvalue weighted by Crippen LogP contribution is 2.40. The van der Waals surface area contributed by atoms with Crippen molar-refractivity contribution >= 4 is 39.0 Å². The fourth-order valence-electron chi connectivity index (χ4n) is 4.26. The molecule has 3 N–H and O–H groups in total. The zero-order chi connectivity index (χ0) is 26.0. The number of rotatable bonds is 7. The van der Waals surface area contributed by atoms with Crippen molar-refractivity contribution in [3.8, 4) is 0 Å². The van der Waals surface area contributed by atoms with Gasteiger partial charge in [0.05, 0.1) is 17.6 Å². The first-order chi connectivity index (χ1) is 16.4. The second-order valence-electron chi connectivity index (χ2n) is 9.47. The number of amides is 2. The highest BCUT2D eigenvalue weighted by atomic mass is 32.2. The van der Waals surface area contributed by atoms with E-state index in [2.05, 4.69) is 10.3 Å². The molecule has 1 heterocycles. The SMILES string of the molecule is COC(=O)c1cc(C(C)C)c(NC(=O)NS(=O)(=O)c2ncc(C3(O)CCCCC3)s2)c(C(C)C)c1. The topological polar surface area (TPSA) is 135 Å². The molecule has 192 valence electrons. The molecule has 1 aliphatic rings. The van der Waals surface area contributed by atoms with Gasteiger partial charge in [0.2, 0.25) is 4.34 Å². The third-order valence-electron chi connectivity index (χ3n) is 6.18. The molecule has 0 saturated heterocycles. The summed E-state index contributed by atoms with van der Waals surface area (Å²) >= 11 is 0.874. The van der Waals surface area contributed by atoms with Crippen LogP contribution in [0.15, 0.2) is 22.7 Å². The number of hydrogen-bond donors (Lipinski definition) is 3. The Morgan fingerprint density at radius 1 is 1.09 bits per heavy atom. The van der Waals surface area contributed by atoms with E-state index in [0.29, 0.717) is 40.1 Å². The zero-order valence-corrected chi connectivity index (χ0v) is 22.3. The highest BCUT2D eigenvalue weighted by molar-refractivity contribution is 7.92. The largest absolute Gasteiger partial charge is 0.465 e. The summed E-state index contributed by atoms with van der Waals surface area (Å²) in [5.41, 5.74) is 1.09. The molecule has 1 aromatic carbocycles. The number of thiazole rings is 1. The third kappa shape index (κ3) is 6.02. The second kappa shape index (κ2) is 10.6. The molecule has 1 saturated carbocycles. The maximum absolute atomic E-state index is 12.9. The van der Waals surface area contributed by atoms with E-state index in [1.165, 1.54) is 13.3 Å². The Morgan fingerprint density at radius 3 is 2.17 bits per heavy atom. The molecule has 1 fully saturated rings. The molecule has 1 aliphatic carbocycles. The Morgan fingerprint density at radius 2 is 1.66 bits per heavy atom. The minimum absolute atomic E-state index is 0.0678. The van der Waals surface area contributed by atoms with Gasteiger partial charge in [-0.2, -0.15) is 8.42 Å². The summed E-state index contributed by atoms with van der Waals surface area (Å²) in [7, 11) is -2.96. The Kier molecular flexibility index (Phi) is 8.23. The number of sulfonamides is 1. The predicted molar refractivity (Wildman–Crippen MR) is 134 cm³/mol. The van der Waals surface area contributed by atoms with Crippen molar-refractivity contribution in [3.05, 3.63) is 39.9 Å². The van der Waals surface area contributed by atoms with E-state index in [1.807, 2.05) is 32.4 Å². The van der Waals surface area contributed by atoms with Crippen LogP contribution in [0.1, 0.15) is 98.0 Å². The molecular weight excluding hydrogens is 490 g/mol. The van der Waals surface area contributed by atoms with E-state index >= 15 is 0 Å². The number of aliphatic hydroxyl groups is 1. The van der Waals surface area contributed by atoms with Gasteiger partial charge in [0.25, 0.3) is 10.0 Å². The smallest absolute Gasteiger partial charge is 0.337 e. The van der Waals surface area contributed by atoms with Gasteiger partial charge in [-0.05, 0) is 47.9 Å². The molecule has 0 spiro atoms. The Labute approximate surface area is 210 Å². The molecule has 11 heteroatoms. The number of methoxy groups -OCH3 is 1. The van der Waals surface area contributed by atoms with Gasteiger partial charge in [0, 0.05) is 11.9 Å². The summed E-state index contributed by atoms with van der Waals surface area (Å²) in [6.07, 6.45) is 5.25. The number of aromatic nitrogens is 1. The first-order valence-corrected chi connectivity index (χ1v) is 14.0. The van der Waals surface area contributed by atoms with Crippen LogP contribution in [0.2, 0.25) is 0 Å². The summed E-state index contributed by atoms with van der Waals surface area (Å²) in [6.45, 7) is 7.64. The van der Waals surface area contributed by atoms with Crippen LogP contribution < -0.4 is 10.0 Å². The highest BCUT2D eigenvalue weighted by Gasteiger charge is 2.35. The molecule has 1 aromatic heterocycles. The maximum Gasteiger partial charge on any atom is 0.337 e. The van der Waals surface area contributed by atoms with Gasteiger partial charge in [0.15, 0.2) is 0 Å². The van der Waals surface area contributed by atoms with Gasteiger partial charge in [-0.1, -0.05) is 47.0 Å². The molecule has 0 unspecified atom stereocenters. The lowest BCUT2D eigenvalue weighted by molar-refractivity contribution is 0.00264. The van der Waals surface area contributed by atoms with Gasteiger partial charge in [-0.3, -0.25) is 0 Å². The van der Waals surface area contributed by atoms with Crippen LogP contribution in [0, 0.1) is 0 Å². The molecule has 0 atom stereocenters. The van der Waals surface area contributed by atoms with Crippen molar-refractivity contribution in [3.63, 3.8) is 0 Å². The van der Waals surface area contributed by atoms with Crippen LogP contribution in [0.25, 0.3) is 0 Å². The van der Waals surface area contributed by atoms with Gasteiger partial charge in [-0.15, -0.1) is 11.3 Å². The molecule has 0 aliphatic heterocycles. The van der Waals surface area contributed by atoms with Gasteiger partial charge in [0.1, 0.15) is 5.60 Å². The molecule has 0 bridgehead atoms. The van der Waals surface area contributed by atoms with Crippen LogP contribution in [0.3, 0.4) is 0 Å². The Hall–Kier alpha value is -2.50. The molecule has 2 amide bonds. The average Bonchev–Trinajstić information content (AvgIpc) is 3.31. The Bertz CT molecular complexity index is 1170. The summed E-state index contributed by atoms with van der Waals surface area (Å²) in [5, 5.41) is 13.6. The lowest BCUT2D eigenvalue weighted by Gasteiger charge is -2.30. The van der Waals surface area contributed by atoms with Crippen molar-refractivity contribution in [2.75, 3.05) is 12.4 Å². The van der Waals surface area contributed by atoms with Crippen molar-refractivity contribution in [1.82, 2.24) is 9.71 Å². The number of carbonyl (C=O) groups is 2. The first kappa shape index (κ1) is 27.1. The number of carbonyl (C=O) groups excluding carboxylic acids is 2. The number of esters is 1. The maximum atomic E-state index is 12.9. The van der Waals surface area contributed by atoms with Crippen molar-refractivity contribution in [2.45, 2.75) is 81.6 Å². The fourth-order valence-corrected chi connectivity index (χ4v) is 6.46. The molecule has 35 heavy (non-hydrogen) atoms. The third-order valence-corrected chi connectivity index (χ3v) is 9.10. The number of nitrogens with zero attached hydrogens (tertiary/aromatic N) is 1. The van der Waals surface area contributed by atoms with Crippen molar-refractivity contribution < 1.29 is 27.9 Å². The molecular formula is C24H33N3O6S2. The quantitative estimate of drug-likeness (QED) is 0.442. The standard InChI is InChI=1S/C24H33N3O6S2/c1-14(2)17-11-16(21(28)33-5)12-18(15(3)4)20(17)26-22(29)27-35(31,32)23-25-13-19(34-23)24(30)9-7-6-8-10-24/h11-15,30H,6-10H2,1-5H3,(H2,26,27,29). The molecule has 9 nitrogen and oxygen atoms in total. The number of anilines is 1. The van der Waals surface area contributed by atoms with Crippen LogP contribution in [-0.2, 0) is 20.4 Å². The lowest BCUT2D eigenvalue weighted by Crippen LogP contribution is -2.35. The molecule has 2 aromatic rings.